The van der Waals surface area contributed by atoms with E-state index in [1.54, 1.807) is 38.1 Å². The van der Waals surface area contributed by atoms with Gasteiger partial charge in [-0.3, -0.25) is 0 Å². The molecule has 5 aromatic rings. The molecule has 6 heteroatoms. The van der Waals surface area contributed by atoms with Crippen LogP contribution in [-0.4, -0.2) is 29.9 Å². The van der Waals surface area contributed by atoms with Gasteiger partial charge in [0.15, 0.2) is 18.0 Å². The molecule has 1 saturated heterocycles. The van der Waals surface area contributed by atoms with E-state index in [2.05, 4.69) is 0 Å². The third-order valence-corrected chi connectivity index (χ3v) is 7.91. The fraction of sp³-hybridized carbons (Fsp3) is 0.171. The standard InChI is InChI=1S/C41H36O6/c1-41(2)46-37(35(31-22-12-5-13-23-31)44-39(42)33-26-16-7-17-27-33)38(47-41)36(32-24-14-6-15-25-32)45-40(43)34(30-20-10-4-11-21-30)28-29-18-8-3-9-19-29/h3-28,35-38H,1-2H3/b34-28+/t35-,36-,37+,38+/m1/s1. The predicted molar refractivity (Wildman–Crippen MR) is 181 cm³/mol. The SMILES string of the molecule is CC1(C)O[C@@H]([C@H](OC(=O)/C(=C/c2ccccc2)c2ccccc2)c2ccccc2)[C@H]([C@H](OC(=O)c2ccccc2)c2ccccc2)O1. The maximum Gasteiger partial charge on any atom is 0.339 e. The van der Waals surface area contributed by atoms with E-state index >= 15 is 0 Å². The zero-order chi connectivity index (χ0) is 32.6. The Bertz CT molecular complexity index is 1790. The van der Waals surface area contributed by atoms with E-state index in [9.17, 15) is 9.59 Å². The number of carbonyl (C=O) groups is 2. The molecular formula is C41H36O6. The van der Waals surface area contributed by atoms with Crippen molar-refractivity contribution in [1.82, 2.24) is 0 Å². The van der Waals surface area contributed by atoms with Gasteiger partial charge in [0, 0.05) is 0 Å². The second kappa shape index (κ2) is 14.4. The first-order chi connectivity index (χ1) is 22.9. The summed E-state index contributed by atoms with van der Waals surface area (Å²) >= 11 is 0. The highest BCUT2D eigenvalue weighted by molar-refractivity contribution is 6.21. The Labute approximate surface area is 275 Å². The van der Waals surface area contributed by atoms with Gasteiger partial charge in [0.25, 0.3) is 0 Å². The Morgan fingerprint density at radius 1 is 0.574 bits per heavy atom. The molecule has 0 radical (unpaired) electrons. The van der Waals surface area contributed by atoms with E-state index in [1.807, 2.05) is 133 Å². The van der Waals surface area contributed by atoms with Crippen LogP contribution in [0.25, 0.3) is 11.6 Å². The van der Waals surface area contributed by atoms with Crippen LogP contribution >= 0.6 is 0 Å². The topological polar surface area (TPSA) is 71.1 Å². The average molecular weight is 625 g/mol. The quantitative estimate of drug-likeness (QED) is 0.0880. The summed E-state index contributed by atoms with van der Waals surface area (Å²) in [5, 5.41) is 0. The summed E-state index contributed by atoms with van der Waals surface area (Å²) < 4.78 is 25.8. The summed E-state index contributed by atoms with van der Waals surface area (Å²) in [4.78, 5) is 27.8. The summed E-state index contributed by atoms with van der Waals surface area (Å²) in [6, 6.07) is 46.7. The number of rotatable bonds is 10. The lowest BCUT2D eigenvalue weighted by molar-refractivity contribution is -0.169. The molecule has 6 nitrogen and oxygen atoms in total. The van der Waals surface area contributed by atoms with Crippen LogP contribution < -0.4 is 0 Å². The van der Waals surface area contributed by atoms with Crippen molar-refractivity contribution in [1.29, 1.82) is 0 Å². The van der Waals surface area contributed by atoms with Gasteiger partial charge in [-0.05, 0) is 54.3 Å². The highest BCUT2D eigenvalue weighted by atomic mass is 16.8. The Balaban J connectivity index is 1.41. The van der Waals surface area contributed by atoms with Crippen molar-refractivity contribution >= 4 is 23.6 Å². The van der Waals surface area contributed by atoms with E-state index in [0.717, 1.165) is 11.1 Å². The van der Waals surface area contributed by atoms with Crippen LogP contribution in [0.5, 0.6) is 0 Å². The summed E-state index contributed by atoms with van der Waals surface area (Å²) in [5.74, 6) is -2.11. The van der Waals surface area contributed by atoms with Gasteiger partial charge in [0.2, 0.25) is 0 Å². The zero-order valence-corrected chi connectivity index (χ0v) is 26.3. The molecule has 0 amide bonds. The minimum absolute atomic E-state index is 0.391. The first kappa shape index (κ1) is 31.7. The van der Waals surface area contributed by atoms with Crippen molar-refractivity contribution < 1.29 is 28.5 Å². The highest BCUT2D eigenvalue weighted by Crippen LogP contribution is 2.44. The normalized spacial score (nSPS) is 18.6. The molecule has 6 rings (SSSR count). The van der Waals surface area contributed by atoms with Gasteiger partial charge in [-0.15, -0.1) is 0 Å². The van der Waals surface area contributed by atoms with Crippen molar-refractivity contribution in [3.05, 3.63) is 179 Å². The van der Waals surface area contributed by atoms with Crippen molar-refractivity contribution in [2.45, 2.75) is 44.1 Å². The lowest BCUT2D eigenvalue weighted by Crippen LogP contribution is -2.38. The first-order valence-electron chi connectivity index (χ1n) is 15.6. The number of ether oxygens (including phenoxy) is 4. The molecule has 0 N–H and O–H groups in total. The van der Waals surface area contributed by atoms with Crippen LogP contribution in [0.4, 0.5) is 0 Å². The van der Waals surface area contributed by atoms with E-state index in [1.165, 1.54) is 0 Å². The molecule has 0 unspecified atom stereocenters. The maximum absolute atomic E-state index is 14.3. The second-order valence-electron chi connectivity index (χ2n) is 11.7. The molecule has 236 valence electrons. The van der Waals surface area contributed by atoms with Gasteiger partial charge >= 0.3 is 11.9 Å². The van der Waals surface area contributed by atoms with Crippen LogP contribution in [0, 0.1) is 0 Å². The van der Waals surface area contributed by atoms with Crippen LogP contribution in [0.15, 0.2) is 152 Å². The summed E-state index contributed by atoms with van der Waals surface area (Å²) in [7, 11) is 0. The van der Waals surface area contributed by atoms with Gasteiger partial charge < -0.3 is 18.9 Å². The molecule has 4 atom stereocenters. The first-order valence-corrected chi connectivity index (χ1v) is 15.6. The minimum Gasteiger partial charge on any atom is -0.451 e. The molecule has 1 fully saturated rings. The third-order valence-electron chi connectivity index (χ3n) is 7.91. The number of hydrogen-bond donors (Lipinski definition) is 0. The van der Waals surface area contributed by atoms with Crippen LogP contribution in [0.1, 0.15) is 58.7 Å². The van der Waals surface area contributed by atoms with Crippen LogP contribution in [0.3, 0.4) is 0 Å². The van der Waals surface area contributed by atoms with Crippen LogP contribution in [0.2, 0.25) is 0 Å². The molecule has 0 spiro atoms. The molecule has 0 aromatic heterocycles. The Hall–Kier alpha value is -5.30. The van der Waals surface area contributed by atoms with Gasteiger partial charge in [-0.2, -0.15) is 0 Å². The molecule has 0 aliphatic carbocycles. The Kier molecular flexibility index (Phi) is 9.72. The van der Waals surface area contributed by atoms with Crippen molar-refractivity contribution in [2.75, 3.05) is 0 Å². The Morgan fingerprint density at radius 3 is 1.47 bits per heavy atom. The van der Waals surface area contributed by atoms with E-state index in [4.69, 9.17) is 18.9 Å². The molecule has 5 aromatic carbocycles. The fourth-order valence-electron chi connectivity index (χ4n) is 5.75. The number of esters is 2. The maximum atomic E-state index is 14.3. The van der Waals surface area contributed by atoms with Crippen LogP contribution in [-0.2, 0) is 23.7 Å². The lowest BCUT2D eigenvalue weighted by Gasteiger charge is -2.31. The van der Waals surface area contributed by atoms with Gasteiger partial charge in [0.05, 0.1) is 11.1 Å². The largest absolute Gasteiger partial charge is 0.451 e. The van der Waals surface area contributed by atoms with Crippen molar-refractivity contribution in [3.63, 3.8) is 0 Å². The molecule has 1 aliphatic rings. The van der Waals surface area contributed by atoms with Gasteiger partial charge in [-0.1, -0.05) is 140 Å². The van der Waals surface area contributed by atoms with E-state index in [0.29, 0.717) is 22.3 Å². The summed E-state index contributed by atoms with van der Waals surface area (Å²) in [5.41, 5.74) is 3.81. The molecule has 0 bridgehead atoms. The predicted octanol–water partition coefficient (Wildman–Crippen LogP) is 8.63. The fourth-order valence-corrected chi connectivity index (χ4v) is 5.75. The van der Waals surface area contributed by atoms with Crippen molar-refractivity contribution in [3.8, 4) is 0 Å². The summed E-state index contributed by atoms with van der Waals surface area (Å²) in [6.07, 6.45) is -1.66. The minimum atomic E-state index is -1.08. The smallest absolute Gasteiger partial charge is 0.339 e. The molecule has 1 heterocycles. The van der Waals surface area contributed by atoms with E-state index in [-0.39, 0.29) is 0 Å². The summed E-state index contributed by atoms with van der Waals surface area (Å²) in [6.45, 7) is 3.60. The monoisotopic (exact) mass is 624 g/mol. The van der Waals surface area contributed by atoms with Gasteiger partial charge in [-0.25, -0.2) is 9.59 Å². The Morgan fingerprint density at radius 2 is 0.979 bits per heavy atom. The molecule has 0 saturated carbocycles. The second-order valence-corrected chi connectivity index (χ2v) is 11.7. The number of hydrogen-bond acceptors (Lipinski definition) is 6. The molecular weight excluding hydrogens is 588 g/mol. The molecule has 1 aliphatic heterocycles. The molecule has 47 heavy (non-hydrogen) atoms. The number of benzene rings is 5. The average Bonchev–Trinajstić information content (AvgIpc) is 3.44. The van der Waals surface area contributed by atoms with Crippen molar-refractivity contribution in [2.24, 2.45) is 0 Å². The van der Waals surface area contributed by atoms with Gasteiger partial charge in [0.1, 0.15) is 12.2 Å². The lowest BCUT2D eigenvalue weighted by atomic mass is 9.93. The highest BCUT2D eigenvalue weighted by Gasteiger charge is 2.52. The number of carbonyl (C=O) groups excluding carboxylic acids is 2. The van der Waals surface area contributed by atoms with E-state index < -0.39 is 42.1 Å². The zero-order valence-electron chi connectivity index (χ0n) is 26.3. The third kappa shape index (κ3) is 7.75.